The Bertz CT molecular complexity index is 468. The number of halogens is 2. The van der Waals surface area contributed by atoms with Crippen molar-refractivity contribution in [2.75, 3.05) is 6.54 Å². The summed E-state index contributed by atoms with van der Waals surface area (Å²) < 4.78 is 51.0. The highest BCUT2D eigenvalue weighted by Crippen LogP contribution is 2.13. The van der Waals surface area contributed by atoms with Gasteiger partial charge in [-0.05, 0) is 25.5 Å². The molecule has 96 valence electrons. The molecular weight excluding hydrogens is 252 g/mol. The van der Waals surface area contributed by atoms with Crippen LogP contribution in [0.5, 0.6) is 0 Å². The van der Waals surface area contributed by atoms with Gasteiger partial charge in [0.05, 0.1) is 11.0 Å². The largest absolute Gasteiger partial charge is 0.393 e. The predicted octanol–water partition coefficient (Wildman–Crippen LogP) is 1.01. The van der Waals surface area contributed by atoms with Gasteiger partial charge in [-0.3, -0.25) is 0 Å². The van der Waals surface area contributed by atoms with E-state index in [4.69, 9.17) is 5.11 Å². The lowest BCUT2D eigenvalue weighted by molar-refractivity contribution is 0.186. The first-order chi connectivity index (χ1) is 7.81. The Morgan fingerprint density at radius 2 is 1.82 bits per heavy atom. The molecule has 0 aliphatic carbocycles. The molecule has 4 nitrogen and oxygen atoms in total. The minimum Gasteiger partial charge on any atom is -0.393 e. The van der Waals surface area contributed by atoms with Crippen LogP contribution in [0.3, 0.4) is 0 Å². The van der Waals surface area contributed by atoms with Crippen molar-refractivity contribution in [1.29, 1.82) is 0 Å². The molecule has 1 aromatic rings. The van der Waals surface area contributed by atoms with Gasteiger partial charge < -0.3 is 5.11 Å². The van der Waals surface area contributed by atoms with Gasteiger partial charge in [-0.15, -0.1) is 0 Å². The van der Waals surface area contributed by atoms with E-state index in [0.717, 1.165) is 12.1 Å². The third-order valence-electron chi connectivity index (χ3n) is 2.00. The summed E-state index contributed by atoms with van der Waals surface area (Å²) in [6, 6.07) is 2.05. The molecule has 0 amide bonds. The summed E-state index contributed by atoms with van der Waals surface area (Å²) in [5.74, 6) is -1.91. The van der Waals surface area contributed by atoms with Crippen LogP contribution in [0.25, 0.3) is 0 Å². The zero-order valence-electron chi connectivity index (χ0n) is 9.15. The van der Waals surface area contributed by atoms with E-state index < -0.39 is 32.7 Å². The third-order valence-corrected chi connectivity index (χ3v) is 3.44. The Kier molecular flexibility index (Phi) is 4.55. The van der Waals surface area contributed by atoms with Gasteiger partial charge in [0.15, 0.2) is 0 Å². The van der Waals surface area contributed by atoms with Gasteiger partial charge >= 0.3 is 0 Å². The molecule has 0 fully saturated rings. The summed E-state index contributed by atoms with van der Waals surface area (Å²) in [7, 11) is -3.94. The molecule has 17 heavy (non-hydrogen) atoms. The van der Waals surface area contributed by atoms with Crippen molar-refractivity contribution in [2.45, 2.75) is 24.3 Å². The summed E-state index contributed by atoms with van der Waals surface area (Å²) in [6.45, 7) is 1.51. The summed E-state index contributed by atoms with van der Waals surface area (Å²) in [6.07, 6.45) is -0.432. The average molecular weight is 265 g/mol. The van der Waals surface area contributed by atoms with E-state index in [9.17, 15) is 17.2 Å². The van der Waals surface area contributed by atoms with E-state index in [-0.39, 0.29) is 13.0 Å². The number of aliphatic hydroxyl groups excluding tert-OH is 1. The molecule has 0 bridgehead atoms. The summed E-state index contributed by atoms with van der Waals surface area (Å²) in [5, 5.41) is 8.95. The number of benzene rings is 1. The molecule has 0 radical (unpaired) electrons. The van der Waals surface area contributed by atoms with Gasteiger partial charge in [0.1, 0.15) is 11.6 Å². The van der Waals surface area contributed by atoms with Crippen LogP contribution in [0.4, 0.5) is 8.78 Å². The summed E-state index contributed by atoms with van der Waals surface area (Å²) >= 11 is 0. The molecule has 0 aliphatic rings. The highest BCUT2D eigenvalue weighted by atomic mass is 32.2. The van der Waals surface area contributed by atoms with Gasteiger partial charge in [0, 0.05) is 12.6 Å². The molecule has 1 atom stereocenters. The first kappa shape index (κ1) is 14.0. The average Bonchev–Trinajstić information content (AvgIpc) is 2.14. The van der Waals surface area contributed by atoms with Crippen molar-refractivity contribution in [1.82, 2.24) is 4.72 Å². The van der Waals surface area contributed by atoms with Gasteiger partial charge in [-0.25, -0.2) is 21.9 Å². The lowest BCUT2D eigenvalue weighted by Crippen LogP contribution is -2.27. The molecule has 1 unspecified atom stereocenters. The van der Waals surface area contributed by atoms with Crippen LogP contribution in [-0.2, 0) is 10.0 Å². The van der Waals surface area contributed by atoms with Crippen LogP contribution in [0.15, 0.2) is 23.1 Å². The fourth-order valence-electron chi connectivity index (χ4n) is 1.17. The van der Waals surface area contributed by atoms with Crippen LogP contribution in [0.1, 0.15) is 13.3 Å². The Labute approximate surface area is 98.3 Å². The molecule has 1 aromatic carbocycles. The van der Waals surface area contributed by atoms with E-state index >= 15 is 0 Å². The van der Waals surface area contributed by atoms with Crippen molar-refractivity contribution < 1.29 is 22.3 Å². The SMILES string of the molecule is CC(O)CCNS(=O)(=O)c1cc(F)cc(F)c1. The molecule has 7 heteroatoms. The van der Waals surface area contributed by atoms with Crippen molar-refractivity contribution in [2.24, 2.45) is 0 Å². The van der Waals surface area contributed by atoms with E-state index in [1.54, 1.807) is 0 Å². The fraction of sp³-hybridized carbons (Fsp3) is 0.400. The maximum Gasteiger partial charge on any atom is 0.240 e. The van der Waals surface area contributed by atoms with Gasteiger partial charge in [0.25, 0.3) is 0 Å². The monoisotopic (exact) mass is 265 g/mol. The second-order valence-electron chi connectivity index (χ2n) is 3.64. The topological polar surface area (TPSA) is 66.4 Å². The smallest absolute Gasteiger partial charge is 0.240 e. The van der Waals surface area contributed by atoms with Crippen LogP contribution in [-0.4, -0.2) is 26.2 Å². The molecule has 0 saturated carbocycles. The molecule has 0 spiro atoms. The number of nitrogens with one attached hydrogen (secondary N) is 1. The lowest BCUT2D eigenvalue weighted by Gasteiger charge is -2.08. The fourth-order valence-corrected chi connectivity index (χ4v) is 2.26. The Morgan fingerprint density at radius 3 is 2.29 bits per heavy atom. The molecule has 0 aliphatic heterocycles. The molecule has 2 N–H and O–H groups in total. The summed E-state index contributed by atoms with van der Waals surface area (Å²) in [5.41, 5.74) is 0. The molecule has 0 heterocycles. The molecule has 1 rings (SSSR count). The van der Waals surface area contributed by atoms with E-state index in [1.165, 1.54) is 6.92 Å². The standard InChI is InChI=1S/C10H13F2NO3S/c1-7(14)2-3-13-17(15,16)10-5-8(11)4-9(12)6-10/h4-7,13-14H,2-3H2,1H3. The van der Waals surface area contributed by atoms with E-state index in [1.807, 2.05) is 0 Å². The predicted molar refractivity (Wildman–Crippen MR) is 57.8 cm³/mol. The van der Waals surface area contributed by atoms with Gasteiger partial charge in [0.2, 0.25) is 10.0 Å². The number of hydrogen-bond acceptors (Lipinski definition) is 3. The number of hydrogen-bond donors (Lipinski definition) is 2. The molecular formula is C10H13F2NO3S. The second-order valence-corrected chi connectivity index (χ2v) is 5.41. The Morgan fingerprint density at radius 1 is 1.29 bits per heavy atom. The van der Waals surface area contributed by atoms with Gasteiger partial charge in [-0.2, -0.15) is 0 Å². The zero-order valence-corrected chi connectivity index (χ0v) is 9.97. The van der Waals surface area contributed by atoms with Crippen molar-refractivity contribution in [3.05, 3.63) is 29.8 Å². The zero-order chi connectivity index (χ0) is 13.1. The van der Waals surface area contributed by atoms with Crippen LogP contribution in [0, 0.1) is 11.6 Å². The first-order valence-electron chi connectivity index (χ1n) is 4.95. The normalized spacial score (nSPS) is 13.6. The van der Waals surface area contributed by atoms with E-state index in [2.05, 4.69) is 4.72 Å². The third kappa shape index (κ3) is 4.37. The van der Waals surface area contributed by atoms with Crippen molar-refractivity contribution in [3.63, 3.8) is 0 Å². The van der Waals surface area contributed by atoms with Crippen LogP contribution < -0.4 is 4.72 Å². The van der Waals surface area contributed by atoms with Crippen LogP contribution >= 0.6 is 0 Å². The summed E-state index contributed by atoms with van der Waals surface area (Å²) in [4.78, 5) is -0.472. The minimum atomic E-state index is -3.94. The molecule has 0 aromatic heterocycles. The van der Waals surface area contributed by atoms with Crippen LogP contribution in [0.2, 0.25) is 0 Å². The molecule has 0 saturated heterocycles. The van der Waals surface area contributed by atoms with Gasteiger partial charge in [-0.1, -0.05) is 0 Å². The highest BCUT2D eigenvalue weighted by molar-refractivity contribution is 7.89. The number of sulfonamides is 1. The Hall–Kier alpha value is -1.05. The Balaban J connectivity index is 2.82. The maximum absolute atomic E-state index is 12.8. The number of rotatable bonds is 5. The van der Waals surface area contributed by atoms with E-state index in [0.29, 0.717) is 6.07 Å². The highest BCUT2D eigenvalue weighted by Gasteiger charge is 2.16. The quantitative estimate of drug-likeness (QED) is 0.835. The maximum atomic E-state index is 12.8. The lowest BCUT2D eigenvalue weighted by atomic mass is 10.3. The minimum absolute atomic E-state index is 0.00185. The second kappa shape index (κ2) is 5.52. The van der Waals surface area contributed by atoms with Crippen molar-refractivity contribution in [3.8, 4) is 0 Å². The van der Waals surface area contributed by atoms with Crippen molar-refractivity contribution >= 4 is 10.0 Å². The first-order valence-corrected chi connectivity index (χ1v) is 6.43. The number of aliphatic hydroxyl groups is 1.